The number of phenolic OH excluding ortho intramolecular Hbond substituents is 1. The first kappa shape index (κ1) is 12.9. The Labute approximate surface area is 119 Å². The van der Waals surface area contributed by atoms with Crippen LogP contribution in [0.3, 0.4) is 0 Å². The molecule has 2 aromatic carbocycles. The summed E-state index contributed by atoms with van der Waals surface area (Å²) in [6.07, 6.45) is 0. The van der Waals surface area contributed by atoms with Crippen LogP contribution in [-0.4, -0.2) is 11.0 Å². The number of rotatable bonds is 2. The lowest BCUT2D eigenvalue weighted by atomic mass is 10.1. The van der Waals surface area contributed by atoms with Crippen molar-refractivity contribution in [1.82, 2.24) is 0 Å². The van der Waals surface area contributed by atoms with Crippen LogP contribution in [0.2, 0.25) is 0 Å². The summed E-state index contributed by atoms with van der Waals surface area (Å²) < 4.78 is 1.04. The molecule has 2 rings (SSSR count). The zero-order valence-electron chi connectivity index (χ0n) is 9.77. The largest absolute Gasteiger partial charge is 0.507 e. The second kappa shape index (κ2) is 5.39. The van der Waals surface area contributed by atoms with Crippen LogP contribution in [0.5, 0.6) is 5.75 Å². The average molecular weight is 353 g/mol. The van der Waals surface area contributed by atoms with Gasteiger partial charge in [-0.3, -0.25) is 4.79 Å². The number of hydrogen-bond acceptors (Lipinski definition) is 2. The molecule has 0 saturated carbocycles. The molecule has 3 nitrogen and oxygen atoms in total. The van der Waals surface area contributed by atoms with Crippen molar-refractivity contribution < 1.29 is 9.90 Å². The molecule has 0 fully saturated rings. The Hall–Kier alpha value is -1.56. The first-order valence-electron chi connectivity index (χ1n) is 5.43. The van der Waals surface area contributed by atoms with E-state index in [4.69, 9.17) is 0 Å². The number of carbonyl (C=O) groups is 1. The molecule has 2 N–H and O–H groups in total. The van der Waals surface area contributed by atoms with E-state index in [0.717, 1.165) is 9.13 Å². The minimum absolute atomic E-state index is 0.0104. The van der Waals surface area contributed by atoms with Crippen molar-refractivity contribution in [2.24, 2.45) is 0 Å². The minimum atomic E-state index is -0.307. The molecular formula is C14H12INO2. The maximum absolute atomic E-state index is 12.0. The molecule has 2 aromatic rings. The topological polar surface area (TPSA) is 49.3 Å². The van der Waals surface area contributed by atoms with Gasteiger partial charge < -0.3 is 10.4 Å². The summed E-state index contributed by atoms with van der Waals surface area (Å²) in [6.45, 7) is 1.88. The van der Waals surface area contributed by atoms with E-state index >= 15 is 0 Å². The second-order valence-electron chi connectivity index (χ2n) is 3.99. The number of hydrogen-bond donors (Lipinski definition) is 2. The summed E-state index contributed by atoms with van der Waals surface area (Å²) in [5, 5.41) is 12.4. The van der Waals surface area contributed by atoms with Gasteiger partial charge in [0.1, 0.15) is 5.75 Å². The minimum Gasteiger partial charge on any atom is -0.507 e. The van der Waals surface area contributed by atoms with E-state index < -0.39 is 0 Å². The van der Waals surface area contributed by atoms with Gasteiger partial charge in [-0.15, -0.1) is 0 Å². The maximum Gasteiger partial charge on any atom is 0.259 e. The molecule has 0 spiro atoms. The molecule has 0 atom stereocenters. The SMILES string of the molecule is Cc1ccc(O)c(C(=O)Nc2cccc(I)c2)c1. The van der Waals surface area contributed by atoms with Crippen LogP contribution in [0.15, 0.2) is 42.5 Å². The molecule has 0 aliphatic carbocycles. The van der Waals surface area contributed by atoms with Gasteiger partial charge in [-0.2, -0.15) is 0 Å². The third kappa shape index (κ3) is 3.01. The average Bonchev–Trinajstić information content (AvgIpc) is 2.32. The highest BCUT2D eigenvalue weighted by molar-refractivity contribution is 14.1. The number of halogens is 1. The second-order valence-corrected chi connectivity index (χ2v) is 5.23. The van der Waals surface area contributed by atoms with E-state index in [-0.39, 0.29) is 17.2 Å². The van der Waals surface area contributed by atoms with Crippen molar-refractivity contribution in [2.75, 3.05) is 5.32 Å². The molecule has 0 aliphatic heterocycles. The Morgan fingerprint density at radius 1 is 1.22 bits per heavy atom. The van der Waals surface area contributed by atoms with Gasteiger partial charge in [-0.05, 0) is 59.8 Å². The molecule has 4 heteroatoms. The van der Waals surface area contributed by atoms with Crippen LogP contribution in [0, 0.1) is 10.5 Å². The molecule has 0 radical (unpaired) electrons. The Morgan fingerprint density at radius 3 is 2.72 bits per heavy atom. The molecule has 0 heterocycles. The molecule has 92 valence electrons. The molecule has 0 unspecified atom stereocenters. The number of carbonyl (C=O) groups excluding carboxylic acids is 1. The number of aromatic hydroxyl groups is 1. The molecule has 0 bridgehead atoms. The van der Waals surface area contributed by atoms with Gasteiger partial charge in [0, 0.05) is 9.26 Å². The summed E-state index contributed by atoms with van der Waals surface area (Å²) in [7, 11) is 0. The quantitative estimate of drug-likeness (QED) is 0.812. The van der Waals surface area contributed by atoms with Crippen LogP contribution >= 0.6 is 22.6 Å². The van der Waals surface area contributed by atoms with Crippen molar-refractivity contribution >= 4 is 34.2 Å². The third-order valence-electron chi connectivity index (χ3n) is 2.48. The van der Waals surface area contributed by atoms with E-state index in [1.807, 2.05) is 31.2 Å². The van der Waals surface area contributed by atoms with Crippen molar-refractivity contribution in [3.8, 4) is 5.75 Å². The summed E-state index contributed by atoms with van der Waals surface area (Å²) in [6, 6.07) is 12.4. The highest BCUT2D eigenvalue weighted by atomic mass is 127. The predicted molar refractivity (Wildman–Crippen MR) is 80.0 cm³/mol. The molecule has 0 aliphatic rings. The zero-order valence-corrected chi connectivity index (χ0v) is 11.9. The first-order chi connectivity index (χ1) is 8.56. The van der Waals surface area contributed by atoms with Gasteiger partial charge in [0.05, 0.1) is 5.56 Å². The van der Waals surface area contributed by atoms with Gasteiger partial charge in [-0.25, -0.2) is 0 Å². The number of amides is 1. The number of phenols is 1. The Kier molecular flexibility index (Phi) is 3.86. The van der Waals surface area contributed by atoms with Gasteiger partial charge in [0.15, 0.2) is 0 Å². The van der Waals surface area contributed by atoms with E-state index in [1.165, 1.54) is 6.07 Å². The van der Waals surface area contributed by atoms with Crippen molar-refractivity contribution in [1.29, 1.82) is 0 Å². The van der Waals surface area contributed by atoms with Crippen molar-refractivity contribution in [3.05, 3.63) is 57.2 Å². The number of aryl methyl sites for hydroxylation is 1. The van der Waals surface area contributed by atoms with E-state index in [1.54, 1.807) is 12.1 Å². The number of benzene rings is 2. The summed E-state index contributed by atoms with van der Waals surface area (Å²) in [4.78, 5) is 12.0. The molecule has 1 amide bonds. The summed E-state index contributed by atoms with van der Waals surface area (Å²) in [5.41, 5.74) is 1.93. The molecular weight excluding hydrogens is 341 g/mol. The van der Waals surface area contributed by atoms with Crippen LogP contribution in [0.4, 0.5) is 5.69 Å². The lowest BCUT2D eigenvalue weighted by Crippen LogP contribution is -2.12. The van der Waals surface area contributed by atoms with Crippen LogP contribution < -0.4 is 5.32 Å². The van der Waals surface area contributed by atoms with E-state index in [9.17, 15) is 9.90 Å². The third-order valence-corrected chi connectivity index (χ3v) is 3.15. The fourth-order valence-corrected chi connectivity index (χ4v) is 2.14. The monoisotopic (exact) mass is 353 g/mol. The molecule has 18 heavy (non-hydrogen) atoms. The summed E-state index contributed by atoms with van der Waals surface area (Å²) in [5.74, 6) is -0.318. The predicted octanol–water partition coefficient (Wildman–Crippen LogP) is 3.56. The smallest absolute Gasteiger partial charge is 0.259 e. The van der Waals surface area contributed by atoms with Gasteiger partial charge in [0.2, 0.25) is 0 Å². The highest BCUT2D eigenvalue weighted by Gasteiger charge is 2.11. The fourth-order valence-electron chi connectivity index (χ4n) is 1.60. The number of nitrogens with one attached hydrogen (secondary N) is 1. The maximum atomic E-state index is 12.0. The lowest BCUT2D eigenvalue weighted by molar-refractivity contribution is 0.102. The molecule has 0 aromatic heterocycles. The van der Waals surface area contributed by atoms with Gasteiger partial charge in [0.25, 0.3) is 5.91 Å². The summed E-state index contributed by atoms with van der Waals surface area (Å²) >= 11 is 2.18. The highest BCUT2D eigenvalue weighted by Crippen LogP contribution is 2.20. The van der Waals surface area contributed by atoms with E-state index in [2.05, 4.69) is 27.9 Å². The fraction of sp³-hybridized carbons (Fsp3) is 0.0714. The van der Waals surface area contributed by atoms with Gasteiger partial charge in [-0.1, -0.05) is 17.7 Å². The van der Waals surface area contributed by atoms with Crippen LogP contribution in [-0.2, 0) is 0 Å². The van der Waals surface area contributed by atoms with Gasteiger partial charge >= 0.3 is 0 Å². The Balaban J connectivity index is 2.24. The lowest BCUT2D eigenvalue weighted by Gasteiger charge is -2.08. The van der Waals surface area contributed by atoms with Crippen LogP contribution in [0.25, 0.3) is 0 Å². The normalized spacial score (nSPS) is 10.1. The number of anilines is 1. The van der Waals surface area contributed by atoms with Crippen molar-refractivity contribution in [2.45, 2.75) is 6.92 Å². The van der Waals surface area contributed by atoms with Crippen molar-refractivity contribution in [3.63, 3.8) is 0 Å². The first-order valence-corrected chi connectivity index (χ1v) is 6.50. The molecule has 0 saturated heterocycles. The zero-order chi connectivity index (χ0) is 13.1. The standard InChI is InChI=1S/C14H12INO2/c1-9-5-6-13(17)12(7-9)14(18)16-11-4-2-3-10(15)8-11/h2-8,17H,1H3,(H,16,18). The van der Waals surface area contributed by atoms with Crippen LogP contribution in [0.1, 0.15) is 15.9 Å². The van der Waals surface area contributed by atoms with E-state index in [0.29, 0.717) is 5.69 Å². The Morgan fingerprint density at radius 2 is 2.00 bits per heavy atom. The Bertz CT molecular complexity index is 596.